The molecule has 21 heavy (non-hydrogen) atoms. The smallest absolute Gasteiger partial charge is 0.290 e. The molecule has 2 aromatic rings. The Kier molecular flexibility index (Phi) is 4.73. The molecule has 112 valence electrons. The largest absolute Gasteiger partial charge is 0.295 e. The molecule has 0 aromatic carbocycles. The van der Waals surface area contributed by atoms with E-state index in [1.165, 1.54) is 0 Å². The lowest BCUT2D eigenvalue weighted by Crippen LogP contribution is -2.21. The van der Waals surface area contributed by atoms with Crippen molar-refractivity contribution in [2.24, 2.45) is 5.10 Å². The van der Waals surface area contributed by atoms with Gasteiger partial charge in [-0.1, -0.05) is 13.3 Å². The number of fused-ring (bicyclic) bond motifs is 1. The molecule has 5 heteroatoms. The maximum Gasteiger partial charge on any atom is 0.290 e. The van der Waals surface area contributed by atoms with Gasteiger partial charge in [0.05, 0.1) is 5.69 Å². The van der Waals surface area contributed by atoms with Crippen LogP contribution >= 0.6 is 0 Å². The lowest BCUT2D eigenvalue weighted by atomic mass is 10.2. The van der Waals surface area contributed by atoms with Gasteiger partial charge in [-0.3, -0.25) is 9.20 Å². The molecule has 2 aromatic heterocycles. The van der Waals surface area contributed by atoms with Gasteiger partial charge < -0.3 is 0 Å². The van der Waals surface area contributed by atoms with E-state index < -0.39 is 0 Å². The van der Waals surface area contributed by atoms with E-state index in [0.29, 0.717) is 11.4 Å². The summed E-state index contributed by atoms with van der Waals surface area (Å²) in [6, 6.07) is 3.92. The van der Waals surface area contributed by atoms with Gasteiger partial charge in [-0.05, 0) is 51.3 Å². The summed E-state index contributed by atoms with van der Waals surface area (Å²) in [7, 11) is 0. The first-order valence-electron chi connectivity index (χ1n) is 7.31. The van der Waals surface area contributed by atoms with Crippen molar-refractivity contribution in [3.8, 4) is 0 Å². The monoisotopic (exact) mass is 286 g/mol. The number of hydrogen-bond acceptors (Lipinski definition) is 3. The first-order chi connectivity index (χ1) is 10.0. The molecule has 0 unspecified atom stereocenters. The van der Waals surface area contributed by atoms with Gasteiger partial charge >= 0.3 is 0 Å². The second kappa shape index (κ2) is 6.52. The maximum atomic E-state index is 12.3. The number of hydrazone groups is 1. The number of carbonyl (C=O) groups excluding carboxylic acids is 1. The number of hydrogen-bond donors (Lipinski definition) is 1. The summed E-state index contributed by atoms with van der Waals surface area (Å²) in [5, 5.41) is 4.16. The first kappa shape index (κ1) is 15.2. The zero-order valence-corrected chi connectivity index (χ0v) is 13.1. The molecule has 0 aliphatic carbocycles. The minimum Gasteiger partial charge on any atom is -0.295 e. The molecule has 1 amide bonds. The molecule has 0 bridgehead atoms. The van der Waals surface area contributed by atoms with Gasteiger partial charge in [0.25, 0.3) is 5.91 Å². The molecule has 5 nitrogen and oxygen atoms in total. The van der Waals surface area contributed by atoms with E-state index in [-0.39, 0.29) is 5.91 Å². The Bertz CT molecular complexity index is 685. The van der Waals surface area contributed by atoms with Crippen molar-refractivity contribution in [3.63, 3.8) is 0 Å². The van der Waals surface area contributed by atoms with Gasteiger partial charge in [-0.15, -0.1) is 0 Å². The number of nitrogens with one attached hydrogen (secondary N) is 1. The minimum atomic E-state index is -0.222. The Morgan fingerprint density at radius 1 is 1.43 bits per heavy atom. The van der Waals surface area contributed by atoms with Gasteiger partial charge in [0.2, 0.25) is 0 Å². The number of aromatic nitrogens is 2. The van der Waals surface area contributed by atoms with E-state index in [4.69, 9.17) is 0 Å². The average Bonchev–Trinajstić information content (AvgIpc) is 2.77. The quantitative estimate of drug-likeness (QED) is 0.677. The van der Waals surface area contributed by atoms with Crippen LogP contribution in [0.1, 0.15) is 54.9 Å². The highest BCUT2D eigenvalue weighted by Crippen LogP contribution is 2.13. The van der Waals surface area contributed by atoms with Crippen molar-refractivity contribution >= 4 is 17.3 Å². The number of nitrogens with zero attached hydrogens (tertiary/aromatic N) is 3. The first-order valence-corrected chi connectivity index (χ1v) is 7.31. The SMILES string of the molecule is CCCC/C(C)=N/NC(=O)c1c(C)nc2cc(C)ccn12. The van der Waals surface area contributed by atoms with Crippen LogP contribution in [0, 0.1) is 13.8 Å². The standard InChI is InChI=1S/C16H22N4O/c1-5-6-7-12(3)18-19-16(21)15-13(4)17-14-10-11(2)8-9-20(14)15/h8-10H,5-7H2,1-4H3,(H,19,21)/b18-12+. The van der Waals surface area contributed by atoms with Crippen molar-refractivity contribution in [1.82, 2.24) is 14.8 Å². The van der Waals surface area contributed by atoms with Gasteiger partial charge in [0.15, 0.2) is 0 Å². The van der Waals surface area contributed by atoms with Crippen molar-refractivity contribution in [3.05, 3.63) is 35.3 Å². The summed E-state index contributed by atoms with van der Waals surface area (Å²) in [6.45, 7) is 7.91. The Morgan fingerprint density at radius 2 is 2.19 bits per heavy atom. The van der Waals surface area contributed by atoms with Crippen LogP contribution in [-0.2, 0) is 0 Å². The minimum absolute atomic E-state index is 0.222. The van der Waals surface area contributed by atoms with Crippen molar-refractivity contribution < 1.29 is 4.79 Å². The number of unbranched alkanes of at least 4 members (excludes halogenated alkanes) is 1. The summed E-state index contributed by atoms with van der Waals surface area (Å²) in [6.07, 6.45) is 4.97. The number of pyridine rings is 1. The second-order valence-corrected chi connectivity index (χ2v) is 5.37. The maximum absolute atomic E-state index is 12.3. The molecule has 2 heterocycles. The lowest BCUT2D eigenvalue weighted by Gasteiger charge is -2.04. The van der Waals surface area contributed by atoms with Crippen LogP contribution in [-0.4, -0.2) is 21.0 Å². The number of imidazole rings is 1. The second-order valence-electron chi connectivity index (χ2n) is 5.37. The van der Waals surface area contributed by atoms with Crippen LogP contribution in [0.25, 0.3) is 5.65 Å². The zero-order valence-electron chi connectivity index (χ0n) is 13.1. The van der Waals surface area contributed by atoms with Crippen LogP contribution in [0.5, 0.6) is 0 Å². The number of amides is 1. The van der Waals surface area contributed by atoms with E-state index in [0.717, 1.165) is 36.2 Å². The third kappa shape index (κ3) is 3.48. The predicted octanol–water partition coefficient (Wildman–Crippen LogP) is 3.25. The normalized spacial score (nSPS) is 11.9. The van der Waals surface area contributed by atoms with Crippen LogP contribution in [0.3, 0.4) is 0 Å². The molecule has 0 saturated heterocycles. The summed E-state index contributed by atoms with van der Waals surface area (Å²) < 4.78 is 1.80. The van der Waals surface area contributed by atoms with E-state index in [1.54, 1.807) is 4.40 Å². The van der Waals surface area contributed by atoms with Crippen LogP contribution in [0.15, 0.2) is 23.4 Å². The third-order valence-corrected chi connectivity index (χ3v) is 3.41. The number of rotatable bonds is 5. The highest BCUT2D eigenvalue weighted by molar-refractivity contribution is 5.95. The van der Waals surface area contributed by atoms with E-state index in [2.05, 4.69) is 22.4 Å². The van der Waals surface area contributed by atoms with Crippen molar-refractivity contribution in [2.45, 2.75) is 47.0 Å². The predicted molar refractivity (Wildman–Crippen MR) is 84.8 cm³/mol. The van der Waals surface area contributed by atoms with Gasteiger partial charge in [-0.25, -0.2) is 10.4 Å². The molecule has 0 saturated carbocycles. The molecular weight excluding hydrogens is 264 g/mol. The fourth-order valence-corrected chi connectivity index (χ4v) is 2.23. The summed E-state index contributed by atoms with van der Waals surface area (Å²) in [5.41, 5.74) is 6.71. The highest BCUT2D eigenvalue weighted by Gasteiger charge is 2.16. The average molecular weight is 286 g/mol. The molecular formula is C16H22N4O. The lowest BCUT2D eigenvalue weighted by molar-refractivity contribution is 0.0948. The number of carbonyl (C=O) groups is 1. The fourth-order valence-electron chi connectivity index (χ4n) is 2.23. The van der Waals surface area contributed by atoms with Crippen molar-refractivity contribution in [2.75, 3.05) is 0 Å². The molecule has 0 aliphatic rings. The van der Waals surface area contributed by atoms with E-state index in [1.807, 2.05) is 39.1 Å². The van der Waals surface area contributed by atoms with Gasteiger partial charge in [0.1, 0.15) is 11.3 Å². The molecule has 0 atom stereocenters. The van der Waals surface area contributed by atoms with Crippen LogP contribution in [0.2, 0.25) is 0 Å². The fraction of sp³-hybridized carbons (Fsp3) is 0.438. The van der Waals surface area contributed by atoms with Crippen molar-refractivity contribution in [1.29, 1.82) is 0 Å². The summed E-state index contributed by atoms with van der Waals surface area (Å²) >= 11 is 0. The number of aryl methyl sites for hydroxylation is 2. The Balaban J connectivity index is 2.22. The molecule has 2 rings (SSSR count). The van der Waals surface area contributed by atoms with E-state index in [9.17, 15) is 4.79 Å². The van der Waals surface area contributed by atoms with Crippen LogP contribution < -0.4 is 5.43 Å². The highest BCUT2D eigenvalue weighted by atomic mass is 16.2. The van der Waals surface area contributed by atoms with E-state index >= 15 is 0 Å². The molecule has 0 spiro atoms. The Labute approximate surface area is 125 Å². The molecule has 0 fully saturated rings. The van der Waals surface area contributed by atoms with Gasteiger partial charge in [-0.2, -0.15) is 5.10 Å². The van der Waals surface area contributed by atoms with Crippen LogP contribution in [0.4, 0.5) is 0 Å². The third-order valence-electron chi connectivity index (χ3n) is 3.41. The summed E-state index contributed by atoms with van der Waals surface area (Å²) in [4.78, 5) is 16.8. The topological polar surface area (TPSA) is 58.8 Å². The Hall–Kier alpha value is -2.17. The summed E-state index contributed by atoms with van der Waals surface area (Å²) in [5.74, 6) is -0.222. The molecule has 0 aliphatic heterocycles. The van der Waals surface area contributed by atoms with Gasteiger partial charge in [0, 0.05) is 11.9 Å². The molecule has 1 N–H and O–H groups in total. The molecule has 0 radical (unpaired) electrons. The Morgan fingerprint density at radius 3 is 2.90 bits per heavy atom. The zero-order chi connectivity index (χ0) is 15.4.